The number of carbonyl (C=O) groups excluding carboxylic acids is 2. The molecule has 0 unspecified atom stereocenters. The quantitative estimate of drug-likeness (QED) is 0.806. The lowest BCUT2D eigenvalue weighted by atomic mass is 9.95. The van der Waals surface area contributed by atoms with Crippen molar-refractivity contribution in [2.75, 3.05) is 39.4 Å². The molecule has 2 amide bonds. The summed E-state index contributed by atoms with van der Waals surface area (Å²) in [5, 5.41) is 8.08. The van der Waals surface area contributed by atoms with Gasteiger partial charge < -0.3 is 14.5 Å². The van der Waals surface area contributed by atoms with Crippen molar-refractivity contribution in [1.82, 2.24) is 24.8 Å². The molecular formula is C19H23N5O3. The van der Waals surface area contributed by atoms with Crippen molar-refractivity contribution in [1.29, 1.82) is 0 Å². The molecule has 1 aromatic carbocycles. The highest BCUT2D eigenvalue weighted by molar-refractivity contribution is 5.92. The van der Waals surface area contributed by atoms with Gasteiger partial charge in [-0.15, -0.1) is 5.10 Å². The first-order valence-corrected chi connectivity index (χ1v) is 9.36. The Bertz CT molecular complexity index is 793. The minimum absolute atomic E-state index is 0.00727. The number of aromatic nitrogens is 3. The molecule has 0 atom stereocenters. The second-order valence-electron chi connectivity index (χ2n) is 6.89. The molecule has 27 heavy (non-hydrogen) atoms. The highest BCUT2D eigenvalue weighted by Gasteiger charge is 2.31. The average Bonchev–Trinajstić information content (AvgIpc) is 3.24. The zero-order chi connectivity index (χ0) is 18.6. The van der Waals surface area contributed by atoms with E-state index in [0.29, 0.717) is 57.9 Å². The number of morpholine rings is 1. The monoisotopic (exact) mass is 369 g/mol. The van der Waals surface area contributed by atoms with Crippen LogP contribution >= 0.6 is 0 Å². The van der Waals surface area contributed by atoms with E-state index in [1.807, 2.05) is 35.2 Å². The van der Waals surface area contributed by atoms with Crippen LogP contribution in [0.25, 0.3) is 5.69 Å². The molecule has 2 saturated heterocycles. The Kier molecular flexibility index (Phi) is 5.15. The maximum atomic E-state index is 12.7. The minimum Gasteiger partial charge on any atom is -0.378 e. The van der Waals surface area contributed by atoms with Gasteiger partial charge >= 0.3 is 0 Å². The van der Waals surface area contributed by atoms with Crippen LogP contribution in [0.2, 0.25) is 0 Å². The average molecular weight is 369 g/mol. The van der Waals surface area contributed by atoms with Crippen LogP contribution in [0.4, 0.5) is 0 Å². The second kappa shape index (κ2) is 7.87. The van der Waals surface area contributed by atoms with Crippen molar-refractivity contribution in [3.05, 3.63) is 42.2 Å². The molecule has 4 rings (SSSR count). The van der Waals surface area contributed by atoms with Gasteiger partial charge in [0, 0.05) is 32.1 Å². The van der Waals surface area contributed by atoms with Gasteiger partial charge in [-0.05, 0) is 25.0 Å². The fraction of sp³-hybridized carbons (Fsp3) is 0.474. The normalized spacial score (nSPS) is 18.5. The van der Waals surface area contributed by atoms with Gasteiger partial charge in [-0.2, -0.15) is 0 Å². The molecule has 0 N–H and O–H groups in total. The van der Waals surface area contributed by atoms with Crippen LogP contribution in [0.1, 0.15) is 23.3 Å². The number of ether oxygens (including phenoxy) is 1. The van der Waals surface area contributed by atoms with Crippen LogP contribution in [-0.2, 0) is 9.53 Å². The molecule has 2 fully saturated rings. The SMILES string of the molecule is O=C(c1cn(-c2ccccc2)nn1)N1CCC(C(=O)N2CCOCC2)CC1. The highest BCUT2D eigenvalue weighted by Crippen LogP contribution is 2.21. The number of benzene rings is 1. The predicted octanol–water partition coefficient (Wildman–Crippen LogP) is 0.978. The van der Waals surface area contributed by atoms with Crippen molar-refractivity contribution < 1.29 is 14.3 Å². The minimum atomic E-state index is -0.130. The van der Waals surface area contributed by atoms with Crippen molar-refractivity contribution in [3.63, 3.8) is 0 Å². The van der Waals surface area contributed by atoms with Crippen LogP contribution in [-0.4, -0.2) is 76.0 Å². The summed E-state index contributed by atoms with van der Waals surface area (Å²) in [6.45, 7) is 3.69. The third-order valence-corrected chi connectivity index (χ3v) is 5.19. The molecule has 2 aliphatic heterocycles. The summed E-state index contributed by atoms with van der Waals surface area (Å²) < 4.78 is 6.91. The molecule has 0 spiro atoms. The Morgan fingerprint density at radius 2 is 1.67 bits per heavy atom. The Balaban J connectivity index is 1.35. The molecule has 0 aliphatic carbocycles. The smallest absolute Gasteiger partial charge is 0.276 e. The third-order valence-electron chi connectivity index (χ3n) is 5.19. The molecule has 0 saturated carbocycles. The van der Waals surface area contributed by atoms with E-state index in [1.54, 1.807) is 15.8 Å². The summed E-state index contributed by atoms with van der Waals surface area (Å²) in [5.41, 5.74) is 1.19. The lowest BCUT2D eigenvalue weighted by molar-refractivity contribution is -0.141. The fourth-order valence-corrected chi connectivity index (χ4v) is 3.60. The van der Waals surface area contributed by atoms with E-state index in [-0.39, 0.29) is 17.7 Å². The van der Waals surface area contributed by atoms with Crippen LogP contribution < -0.4 is 0 Å². The molecule has 2 aromatic rings. The van der Waals surface area contributed by atoms with Gasteiger partial charge in [-0.1, -0.05) is 23.4 Å². The van der Waals surface area contributed by atoms with Gasteiger partial charge in [0.2, 0.25) is 5.91 Å². The van der Waals surface area contributed by atoms with E-state index in [1.165, 1.54) is 0 Å². The molecule has 142 valence electrons. The lowest BCUT2D eigenvalue weighted by Crippen LogP contribution is -2.47. The standard InChI is InChI=1S/C19H23N5O3/c25-18(23-10-12-27-13-11-23)15-6-8-22(9-7-15)19(26)17-14-24(21-20-17)16-4-2-1-3-5-16/h1-5,14-15H,6-13H2. The van der Waals surface area contributed by atoms with Gasteiger partial charge in [-0.3, -0.25) is 9.59 Å². The van der Waals surface area contributed by atoms with E-state index in [4.69, 9.17) is 4.74 Å². The van der Waals surface area contributed by atoms with Crippen LogP contribution in [0, 0.1) is 5.92 Å². The van der Waals surface area contributed by atoms with Crippen molar-refractivity contribution in [3.8, 4) is 5.69 Å². The number of amides is 2. The number of hydrogen-bond donors (Lipinski definition) is 0. The number of piperidine rings is 1. The second-order valence-corrected chi connectivity index (χ2v) is 6.89. The summed E-state index contributed by atoms with van der Waals surface area (Å²) in [5.74, 6) is 0.0574. The highest BCUT2D eigenvalue weighted by atomic mass is 16.5. The summed E-state index contributed by atoms with van der Waals surface area (Å²) in [4.78, 5) is 29.0. The van der Waals surface area contributed by atoms with Crippen LogP contribution in [0.3, 0.4) is 0 Å². The van der Waals surface area contributed by atoms with Gasteiger partial charge in [0.05, 0.1) is 25.1 Å². The molecule has 2 aliphatic rings. The van der Waals surface area contributed by atoms with E-state index < -0.39 is 0 Å². The molecular weight excluding hydrogens is 346 g/mol. The molecule has 3 heterocycles. The molecule has 8 nitrogen and oxygen atoms in total. The maximum Gasteiger partial charge on any atom is 0.276 e. The summed E-state index contributed by atoms with van der Waals surface area (Å²) in [7, 11) is 0. The van der Waals surface area contributed by atoms with Crippen molar-refractivity contribution in [2.24, 2.45) is 5.92 Å². The van der Waals surface area contributed by atoms with E-state index in [9.17, 15) is 9.59 Å². The van der Waals surface area contributed by atoms with Gasteiger partial charge in [0.1, 0.15) is 0 Å². The number of carbonyl (C=O) groups is 2. The summed E-state index contributed by atoms with van der Waals surface area (Å²) in [6, 6.07) is 9.57. The molecule has 0 bridgehead atoms. The first-order valence-electron chi connectivity index (χ1n) is 9.36. The number of likely N-dealkylation sites (tertiary alicyclic amines) is 1. The maximum absolute atomic E-state index is 12.7. The zero-order valence-electron chi connectivity index (χ0n) is 15.2. The fourth-order valence-electron chi connectivity index (χ4n) is 3.60. The summed E-state index contributed by atoms with van der Waals surface area (Å²) >= 11 is 0. The largest absolute Gasteiger partial charge is 0.378 e. The summed E-state index contributed by atoms with van der Waals surface area (Å²) in [6.07, 6.45) is 3.03. The van der Waals surface area contributed by atoms with Crippen LogP contribution in [0.5, 0.6) is 0 Å². The Labute approximate surface area is 157 Å². The first-order chi connectivity index (χ1) is 13.2. The van der Waals surface area contributed by atoms with Gasteiger partial charge in [-0.25, -0.2) is 4.68 Å². The zero-order valence-corrected chi connectivity index (χ0v) is 15.2. The van der Waals surface area contributed by atoms with E-state index >= 15 is 0 Å². The van der Waals surface area contributed by atoms with Crippen molar-refractivity contribution in [2.45, 2.75) is 12.8 Å². The van der Waals surface area contributed by atoms with Gasteiger partial charge in [0.15, 0.2) is 5.69 Å². The first kappa shape index (κ1) is 17.7. The Morgan fingerprint density at radius 1 is 0.963 bits per heavy atom. The Hall–Kier alpha value is -2.74. The number of para-hydroxylation sites is 1. The van der Waals surface area contributed by atoms with Gasteiger partial charge in [0.25, 0.3) is 5.91 Å². The topological polar surface area (TPSA) is 80.6 Å². The van der Waals surface area contributed by atoms with Crippen LogP contribution in [0.15, 0.2) is 36.5 Å². The van der Waals surface area contributed by atoms with E-state index in [0.717, 1.165) is 5.69 Å². The lowest BCUT2D eigenvalue weighted by Gasteiger charge is -2.35. The molecule has 1 aromatic heterocycles. The number of hydrogen-bond acceptors (Lipinski definition) is 5. The van der Waals surface area contributed by atoms with E-state index in [2.05, 4.69) is 10.3 Å². The Morgan fingerprint density at radius 3 is 2.37 bits per heavy atom. The third kappa shape index (κ3) is 3.85. The number of rotatable bonds is 3. The molecule has 8 heteroatoms. The predicted molar refractivity (Wildman–Crippen MR) is 97.4 cm³/mol. The van der Waals surface area contributed by atoms with Crippen molar-refractivity contribution >= 4 is 11.8 Å². The molecule has 0 radical (unpaired) electrons. The number of nitrogens with zero attached hydrogens (tertiary/aromatic N) is 5.